The summed E-state index contributed by atoms with van der Waals surface area (Å²) < 4.78 is 27.4. The van der Waals surface area contributed by atoms with Crippen LogP contribution >= 0.6 is 0 Å². The van der Waals surface area contributed by atoms with Gasteiger partial charge in [0, 0.05) is 12.2 Å². The van der Waals surface area contributed by atoms with Gasteiger partial charge < -0.3 is 5.32 Å². The molecule has 1 amide bonds. The molecule has 1 atom stereocenters. The lowest BCUT2D eigenvalue weighted by atomic mass is 10.2. The maximum atomic E-state index is 13.1. The number of carbonyl (C=O) groups is 1. The Balaban J connectivity index is 1.44. The summed E-state index contributed by atoms with van der Waals surface area (Å²) in [6.07, 6.45) is 1.13. The molecule has 0 spiro atoms. The van der Waals surface area contributed by atoms with Gasteiger partial charge in [0.1, 0.15) is 6.04 Å². The maximum Gasteiger partial charge on any atom is 0.243 e. The standard InChI is InChI=1S/C24H24N4O3S/c1-18-9-15-22(16-10-18)32(30,31)28-17-5-8-23(28)24(29)25-19-11-13-21(14-12-19)27-26-20-6-3-2-4-7-20/h2-4,6-7,9-16,23H,5,8,17H2,1H3,(H,25,29). The van der Waals surface area contributed by atoms with E-state index in [9.17, 15) is 13.2 Å². The highest BCUT2D eigenvalue weighted by atomic mass is 32.2. The van der Waals surface area contributed by atoms with Gasteiger partial charge in [0.2, 0.25) is 15.9 Å². The highest BCUT2D eigenvalue weighted by Crippen LogP contribution is 2.28. The Morgan fingerprint density at radius 1 is 0.906 bits per heavy atom. The van der Waals surface area contributed by atoms with Crippen LogP contribution in [-0.4, -0.2) is 31.2 Å². The van der Waals surface area contributed by atoms with Crippen molar-refractivity contribution >= 4 is 33.0 Å². The van der Waals surface area contributed by atoms with Gasteiger partial charge in [-0.3, -0.25) is 4.79 Å². The van der Waals surface area contributed by atoms with E-state index in [4.69, 9.17) is 0 Å². The van der Waals surface area contributed by atoms with Crippen LogP contribution in [0.3, 0.4) is 0 Å². The number of hydrogen-bond acceptors (Lipinski definition) is 5. The number of sulfonamides is 1. The highest BCUT2D eigenvalue weighted by molar-refractivity contribution is 7.89. The van der Waals surface area contributed by atoms with Crippen molar-refractivity contribution in [1.29, 1.82) is 0 Å². The third-order valence-corrected chi connectivity index (χ3v) is 7.23. The molecule has 1 aliphatic rings. The molecule has 7 nitrogen and oxygen atoms in total. The van der Waals surface area contributed by atoms with Crippen LogP contribution in [0.25, 0.3) is 0 Å². The molecule has 0 aromatic heterocycles. The molecule has 1 saturated heterocycles. The number of rotatable bonds is 6. The second kappa shape index (κ2) is 9.42. The normalized spacial score (nSPS) is 17.0. The molecule has 0 saturated carbocycles. The van der Waals surface area contributed by atoms with Crippen LogP contribution in [0.5, 0.6) is 0 Å². The summed E-state index contributed by atoms with van der Waals surface area (Å²) in [5, 5.41) is 11.2. The summed E-state index contributed by atoms with van der Waals surface area (Å²) in [5.41, 5.74) is 2.96. The number of azo groups is 1. The van der Waals surface area contributed by atoms with Crippen molar-refractivity contribution in [1.82, 2.24) is 4.31 Å². The fourth-order valence-electron chi connectivity index (χ4n) is 3.58. The number of hydrogen-bond donors (Lipinski definition) is 1. The second-order valence-electron chi connectivity index (χ2n) is 7.66. The molecule has 0 aliphatic carbocycles. The summed E-state index contributed by atoms with van der Waals surface area (Å²) in [7, 11) is -3.74. The third kappa shape index (κ3) is 4.92. The van der Waals surface area contributed by atoms with Crippen molar-refractivity contribution < 1.29 is 13.2 Å². The topological polar surface area (TPSA) is 91.2 Å². The van der Waals surface area contributed by atoms with Gasteiger partial charge in [-0.1, -0.05) is 35.9 Å². The van der Waals surface area contributed by atoms with Crippen molar-refractivity contribution in [3.8, 4) is 0 Å². The maximum absolute atomic E-state index is 13.1. The molecule has 1 fully saturated rings. The number of carbonyl (C=O) groups excluding carboxylic acids is 1. The van der Waals surface area contributed by atoms with Crippen molar-refractivity contribution in [2.24, 2.45) is 10.2 Å². The minimum absolute atomic E-state index is 0.205. The number of benzene rings is 3. The zero-order valence-electron chi connectivity index (χ0n) is 17.7. The number of anilines is 1. The number of amides is 1. The monoisotopic (exact) mass is 448 g/mol. The van der Waals surface area contributed by atoms with E-state index < -0.39 is 16.1 Å². The van der Waals surface area contributed by atoms with E-state index in [0.717, 1.165) is 11.3 Å². The largest absolute Gasteiger partial charge is 0.325 e. The lowest BCUT2D eigenvalue weighted by Crippen LogP contribution is -2.43. The molecule has 3 aromatic carbocycles. The fraction of sp³-hybridized carbons (Fsp3) is 0.208. The first-order valence-electron chi connectivity index (χ1n) is 10.4. The van der Waals surface area contributed by atoms with Crippen molar-refractivity contribution in [2.75, 3.05) is 11.9 Å². The summed E-state index contributed by atoms with van der Waals surface area (Å²) >= 11 is 0. The SMILES string of the molecule is Cc1ccc(S(=O)(=O)N2CCCC2C(=O)Nc2ccc(N=Nc3ccccc3)cc2)cc1. The minimum atomic E-state index is -3.74. The average Bonchev–Trinajstić information content (AvgIpc) is 3.31. The van der Waals surface area contributed by atoms with E-state index in [2.05, 4.69) is 15.5 Å². The van der Waals surface area contributed by atoms with Crippen LogP contribution in [0, 0.1) is 6.92 Å². The number of aryl methyl sites for hydroxylation is 1. The summed E-state index contributed by atoms with van der Waals surface area (Å²) in [5.74, 6) is -0.336. The van der Waals surface area contributed by atoms with E-state index >= 15 is 0 Å². The molecule has 4 rings (SSSR count). The Hall–Kier alpha value is -3.36. The summed E-state index contributed by atoms with van der Waals surface area (Å²) in [6, 6.07) is 22.3. The number of nitrogens with zero attached hydrogens (tertiary/aromatic N) is 3. The molecule has 164 valence electrons. The van der Waals surface area contributed by atoms with Crippen LogP contribution in [0.1, 0.15) is 18.4 Å². The molecule has 1 aliphatic heterocycles. The van der Waals surface area contributed by atoms with Gasteiger partial charge in [0.15, 0.2) is 0 Å². The first kappa shape index (κ1) is 21.9. The van der Waals surface area contributed by atoms with Crippen LogP contribution in [0.15, 0.2) is 94.0 Å². The molecule has 1 heterocycles. The van der Waals surface area contributed by atoms with E-state index in [1.165, 1.54) is 4.31 Å². The van der Waals surface area contributed by atoms with E-state index in [-0.39, 0.29) is 10.8 Å². The van der Waals surface area contributed by atoms with Gasteiger partial charge >= 0.3 is 0 Å². The lowest BCUT2D eigenvalue weighted by Gasteiger charge is -2.23. The van der Waals surface area contributed by atoms with Crippen molar-refractivity contribution in [3.63, 3.8) is 0 Å². The Labute approximate surface area is 187 Å². The zero-order valence-corrected chi connectivity index (χ0v) is 18.5. The highest BCUT2D eigenvalue weighted by Gasteiger charge is 2.39. The molecule has 0 radical (unpaired) electrons. The third-order valence-electron chi connectivity index (χ3n) is 5.31. The quantitative estimate of drug-likeness (QED) is 0.525. The van der Waals surface area contributed by atoms with Gasteiger partial charge in [0.25, 0.3) is 0 Å². The van der Waals surface area contributed by atoms with Gasteiger partial charge in [-0.05, 0) is 68.3 Å². The van der Waals surface area contributed by atoms with Crippen LogP contribution in [0.2, 0.25) is 0 Å². The molecule has 8 heteroatoms. The summed E-state index contributed by atoms with van der Waals surface area (Å²) in [6.45, 7) is 2.23. The molecule has 3 aromatic rings. The van der Waals surface area contributed by atoms with Gasteiger partial charge in [-0.15, -0.1) is 0 Å². The van der Waals surface area contributed by atoms with Gasteiger partial charge in [0.05, 0.1) is 16.3 Å². The van der Waals surface area contributed by atoms with Gasteiger partial charge in [-0.25, -0.2) is 8.42 Å². The van der Waals surface area contributed by atoms with Crippen LogP contribution in [0.4, 0.5) is 17.1 Å². The fourth-order valence-corrected chi connectivity index (χ4v) is 5.24. The van der Waals surface area contributed by atoms with Crippen molar-refractivity contribution in [2.45, 2.75) is 30.7 Å². The van der Waals surface area contributed by atoms with Crippen molar-refractivity contribution in [3.05, 3.63) is 84.4 Å². The second-order valence-corrected chi connectivity index (χ2v) is 9.55. The Kier molecular flexibility index (Phi) is 6.43. The van der Waals surface area contributed by atoms with E-state index in [1.807, 2.05) is 37.3 Å². The predicted octanol–water partition coefficient (Wildman–Crippen LogP) is 5.20. The first-order valence-corrected chi connectivity index (χ1v) is 11.8. The molecule has 1 N–H and O–H groups in total. The smallest absolute Gasteiger partial charge is 0.243 e. The lowest BCUT2D eigenvalue weighted by molar-refractivity contribution is -0.119. The molecule has 0 bridgehead atoms. The van der Waals surface area contributed by atoms with Crippen LogP contribution in [-0.2, 0) is 14.8 Å². The molecule has 1 unspecified atom stereocenters. The molecular formula is C24H24N4O3S. The summed E-state index contributed by atoms with van der Waals surface area (Å²) in [4.78, 5) is 13.1. The Morgan fingerprint density at radius 3 is 2.19 bits per heavy atom. The zero-order chi connectivity index (χ0) is 22.6. The number of nitrogens with one attached hydrogen (secondary N) is 1. The Morgan fingerprint density at radius 2 is 1.53 bits per heavy atom. The van der Waals surface area contributed by atoms with Gasteiger partial charge in [-0.2, -0.15) is 14.5 Å². The van der Waals surface area contributed by atoms with E-state index in [1.54, 1.807) is 48.5 Å². The molecular weight excluding hydrogens is 424 g/mol. The predicted molar refractivity (Wildman–Crippen MR) is 124 cm³/mol. The Bertz CT molecular complexity index is 1210. The minimum Gasteiger partial charge on any atom is -0.325 e. The average molecular weight is 449 g/mol. The first-order chi connectivity index (χ1) is 15.4. The molecule has 32 heavy (non-hydrogen) atoms. The van der Waals surface area contributed by atoms with Crippen LogP contribution < -0.4 is 5.32 Å². The van der Waals surface area contributed by atoms with E-state index in [0.29, 0.717) is 30.8 Å².